The highest BCUT2D eigenvalue weighted by molar-refractivity contribution is 6.34. The molecule has 0 radical (unpaired) electrons. The SMILES string of the molecule is CCCN(CC(F)(F)F)C(=O)c1cc(N)ccc1Cl. The summed E-state index contributed by atoms with van der Waals surface area (Å²) in [6.07, 6.45) is -4.03. The molecule has 0 saturated carbocycles. The van der Waals surface area contributed by atoms with Gasteiger partial charge in [0.25, 0.3) is 5.91 Å². The first-order valence-electron chi connectivity index (χ1n) is 5.65. The first kappa shape index (κ1) is 15.6. The van der Waals surface area contributed by atoms with E-state index in [4.69, 9.17) is 17.3 Å². The second-order valence-corrected chi connectivity index (χ2v) is 4.49. The fourth-order valence-electron chi connectivity index (χ4n) is 1.62. The van der Waals surface area contributed by atoms with Crippen molar-refractivity contribution in [2.75, 3.05) is 18.8 Å². The molecule has 106 valence electrons. The quantitative estimate of drug-likeness (QED) is 0.866. The van der Waals surface area contributed by atoms with E-state index in [1.165, 1.54) is 18.2 Å². The zero-order valence-electron chi connectivity index (χ0n) is 10.3. The van der Waals surface area contributed by atoms with Crippen molar-refractivity contribution in [2.45, 2.75) is 19.5 Å². The van der Waals surface area contributed by atoms with Crippen LogP contribution in [-0.2, 0) is 0 Å². The minimum absolute atomic E-state index is 0.00344. The third-order valence-corrected chi connectivity index (χ3v) is 2.70. The molecule has 0 heterocycles. The number of anilines is 1. The van der Waals surface area contributed by atoms with Gasteiger partial charge in [0.05, 0.1) is 10.6 Å². The summed E-state index contributed by atoms with van der Waals surface area (Å²) in [5.74, 6) is -0.767. The molecule has 0 aliphatic rings. The summed E-state index contributed by atoms with van der Waals surface area (Å²) in [5, 5.41) is 0.0856. The lowest BCUT2D eigenvalue weighted by Gasteiger charge is -2.24. The van der Waals surface area contributed by atoms with Gasteiger partial charge in [-0.05, 0) is 24.6 Å². The molecule has 1 rings (SSSR count). The number of carbonyl (C=O) groups excluding carboxylic acids is 1. The second-order valence-electron chi connectivity index (χ2n) is 4.08. The van der Waals surface area contributed by atoms with Gasteiger partial charge in [0, 0.05) is 12.2 Å². The molecule has 7 heteroatoms. The van der Waals surface area contributed by atoms with Gasteiger partial charge in [0.2, 0.25) is 0 Å². The molecular weight excluding hydrogens is 281 g/mol. The third-order valence-electron chi connectivity index (χ3n) is 2.37. The standard InChI is InChI=1S/C12H14ClF3N2O/c1-2-5-18(7-12(14,15)16)11(19)9-6-8(17)3-4-10(9)13/h3-4,6H,2,5,7,17H2,1H3. The molecule has 0 fully saturated rings. The van der Waals surface area contributed by atoms with Crippen molar-refractivity contribution in [1.82, 2.24) is 4.90 Å². The normalized spacial score (nSPS) is 11.4. The predicted octanol–water partition coefficient (Wildman–Crippen LogP) is 3.34. The molecule has 3 nitrogen and oxygen atoms in total. The fourth-order valence-corrected chi connectivity index (χ4v) is 1.81. The van der Waals surface area contributed by atoms with Crippen LogP contribution in [0.2, 0.25) is 5.02 Å². The molecular formula is C12H14ClF3N2O. The highest BCUT2D eigenvalue weighted by Crippen LogP contribution is 2.23. The Labute approximate surface area is 114 Å². The van der Waals surface area contributed by atoms with E-state index in [2.05, 4.69) is 0 Å². The second kappa shape index (κ2) is 6.14. The summed E-state index contributed by atoms with van der Waals surface area (Å²) < 4.78 is 37.3. The van der Waals surface area contributed by atoms with E-state index in [0.717, 1.165) is 4.90 Å². The smallest absolute Gasteiger partial charge is 0.399 e. The summed E-state index contributed by atoms with van der Waals surface area (Å²) >= 11 is 5.82. The first-order valence-corrected chi connectivity index (χ1v) is 6.03. The third kappa shape index (κ3) is 4.63. The Bertz CT molecular complexity index is 463. The van der Waals surface area contributed by atoms with Crippen LogP contribution in [0.4, 0.5) is 18.9 Å². The minimum atomic E-state index is -4.45. The first-order chi connectivity index (χ1) is 8.74. The van der Waals surface area contributed by atoms with Crippen LogP contribution in [0.25, 0.3) is 0 Å². The molecule has 0 atom stereocenters. The number of amides is 1. The summed E-state index contributed by atoms with van der Waals surface area (Å²) in [6.45, 7) is 0.395. The van der Waals surface area contributed by atoms with E-state index < -0.39 is 18.6 Å². The Morgan fingerprint density at radius 3 is 2.58 bits per heavy atom. The zero-order valence-corrected chi connectivity index (χ0v) is 11.1. The predicted molar refractivity (Wildman–Crippen MR) is 68.1 cm³/mol. The number of nitrogen functional groups attached to an aromatic ring is 1. The number of nitrogens with zero attached hydrogens (tertiary/aromatic N) is 1. The molecule has 19 heavy (non-hydrogen) atoms. The Hall–Kier alpha value is -1.43. The molecule has 0 spiro atoms. The van der Waals surface area contributed by atoms with Gasteiger partial charge >= 0.3 is 6.18 Å². The summed E-state index contributed by atoms with van der Waals surface area (Å²) in [5.41, 5.74) is 5.77. The number of hydrogen-bond donors (Lipinski definition) is 1. The summed E-state index contributed by atoms with van der Waals surface area (Å²) in [7, 11) is 0. The van der Waals surface area contributed by atoms with Crippen LogP contribution in [0.5, 0.6) is 0 Å². The van der Waals surface area contributed by atoms with Gasteiger partial charge in [-0.25, -0.2) is 0 Å². The average molecular weight is 295 g/mol. The lowest BCUT2D eigenvalue weighted by Crippen LogP contribution is -2.39. The molecule has 0 aliphatic heterocycles. The van der Waals surface area contributed by atoms with Gasteiger partial charge in [0.1, 0.15) is 6.54 Å². The van der Waals surface area contributed by atoms with Crippen molar-refractivity contribution < 1.29 is 18.0 Å². The van der Waals surface area contributed by atoms with E-state index in [9.17, 15) is 18.0 Å². The number of hydrogen-bond acceptors (Lipinski definition) is 2. The van der Waals surface area contributed by atoms with Crippen molar-refractivity contribution in [2.24, 2.45) is 0 Å². The summed E-state index contributed by atoms with van der Waals surface area (Å²) in [6, 6.07) is 4.15. The van der Waals surface area contributed by atoms with Gasteiger partial charge in [0.15, 0.2) is 0 Å². The molecule has 1 aromatic carbocycles. The van der Waals surface area contributed by atoms with E-state index >= 15 is 0 Å². The van der Waals surface area contributed by atoms with Crippen LogP contribution in [-0.4, -0.2) is 30.1 Å². The van der Waals surface area contributed by atoms with Crippen molar-refractivity contribution in [3.63, 3.8) is 0 Å². The van der Waals surface area contributed by atoms with Gasteiger partial charge < -0.3 is 10.6 Å². The fraction of sp³-hybridized carbons (Fsp3) is 0.417. The lowest BCUT2D eigenvalue weighted by atomic mass is 10.1. The minimum Gasteiger partial charge on any atom is -0.399 e. The van der Waals surface area contributed by atoms with Crippen LogP contribution in [0.1, 0.15) is 23.7 Å². The largest absolute Gasteiger partial charge is 0.406 e. The maximum absolute atomic E-state index is 12.4. The van der Waals surface area contributed by atoms with Crippen LogP contribution in [0.15, 0.2) is 18.2 Å². The maximum atomic E-state index is 12.4. The van der Waals surface area contributed by atoms with Gasteiger partial charge in [-0.3, -0.25) is 4.79 Å². The van der Waals surface area contributed by atoms with E-state index in [0.29, 0.717) is 6.42 Å². The molecule has 0 bridgehead atoms. The molecule has 2 N–H and O–H groups in total. The maximum Gasteiger partial charge on any atom is 0.406 e. The monoisotopic (exact) mass is 294 g/mol. The molecule has 0 aliphatic carbocycles. The van der Waals surface area contributed by atoms with Crippen LogP contribution >= 0.6 is 11.6 Å². The highest BCUT2D eigenvalue weighted by atomic mass is 35.5. The van der Waals surface area contributed by atoms with Crippen molar-refractivity contribution >= 4 is 23.2 Å². The van der Waals surface area contributed by atoms with Gasteiger partial charge in [-0.1, -0.05) is 18.5 Å². The Kier molecular flexibility index (Phi) is 5.05. The summed E-state index contributed by atoms with van der Waals surface area (Å²) in [4.78, 5) is 12.8. The molecule has 0 aromatic heterocycles. The van der Waals surface area contributed by atoms with E-state index in [1.54, 1.807) is 6.92 Å². The number of nitrogens with two attached hydrogens (primary N) is 1. The molecule has 0 saturated heterocycles. The number of benzene rings is 1. The van der Waals surface area contributed by atoms with Crippen molar-refractivity contribution in [3.05, 3.63) is 28.8 Å². The van der Waals surface area contributed by atoms with Crippen molar-refractivity contribution in [1.29, 1.82) is 0 Å². The Morgan fingerprint density at radius 2 is 2.05 bits per heavy atom. The number of rotatable bonds is 4. The average Bonchev–Trinajstić information content (AvgIpc) is 2.29. The number of carbonyl (C=O) groups is 1. The number of halogens is 4. The van der Waals surface area contributed by atoms with Gasteiger partial charge in [-0.2, -0.15) is 13.2 Å². The van der Waals surface area contributed by atoms with Crippen LogP contribution in [0, 0.1) is 0 Å². The molecule has 1 aromatic rings. The Balaban J connectivity index is 3.02. The zero-order chi connectivity index (χ0) is 14.6. The Morgan fingerprint density at radius 1 is 1.42 bits per heavy atom. The van der Waals surface area contributed by atoms with Crippen LogP contribution in [0.3, 0.4) is 0 Å². The topological polar surface area (TPSA) is 46.3 Å². The molecule has 0 unspecified atom stereocenters. The highest BCUT2D eigenvalue weighted by Gasteiger charge is 2.33. The lowest BCUT2D eigenvalue weighted by molar-refractivity contribution is -0.140. The van der Waals surface area contributed by atoms with Crippen molar-refractivity contribution in [3.8, 4) is 0 Å². The number of alkyl halides is 3. The van der Waals surface area contributed by atoms with Gasteiger partial charge in [-0.15, -0.1) is 0 Å². The van der Waals surface area contributed by atoms with E-state index in [-0.39, 0.29) is 22.8 Å². The molecule has 1 amide bonds. The van der Waals surface area contributed by atoms with Crippen LogP contribution < -0.4 is 5.73 Å². The van der Waals surface area contributed by atoms with E-state index in [1.807, 2.05) is 0 Å².